The third kappa shape index (κ3) is 3.51. The zero-order valence-corrected chi connectivity index (χ0v) is 14.1. The maximum atomic E-state index is 12.5. The second kappa shape index (κ2) is 6.64. The molecule has 0 aromatic heterocycles. The van der Waals surface area contributed by atoms with Gasteiger partial charge >= 0.3 is 0 Å². The standard InChI is InChI=1S/C17H15ClN2O2S/c1-10-12(18)3-2-4-13(10)20-17(22)11-5-6-15-14(9-11)19-16(21)7-8-23-15/h2-6,9H,7-8H2,1H3,(H,19,21)(H,20,22). The van der Waals surface area contributed by atoms with Crippen molar-refractivity contribution in [3.8, 4) is 0 Å². The molecule has 0 radical (unpaired) electrons. The summed E-state index contributed by atoms with van der Waals surface area (Å²) in [5, 5.41) is 6.30. The van der Waals surface area contributed by atoms with Crippen molar-refractivity contribution in [2.75, 3.05) is 16.4 Å². The molecule has 0 bridgehead atoms. The summed E-state index contributed by atoms with van der Waals surface area (Å²) in [6.45, 7) is 1.85. The molecule has 1 aliphatic rings. The summed E-state index contributed by atoms with van der Waals surface area (Å²) in [6, 6.07) is 10.7. The number of rotatable bonds is 2. The van der Waals surface area contributed by atoms with Crippen LogP contribution in [0.15, 0.2) is 41.3 Å². The van der Waals surface area contributed by atoms with E-state index in [9.17, 15) is 9.59 Å². The Morgan fingerprint density at radius 3 is 2.96 bits per heavy atom. The average Bonchev–Trinajstić information content (AvgIpc) is 2.71. The molecule has 0 saturated heterocycles. The average molecular weight is 347 g/mol. The summed E-state index contributed by atoms with van der Waals surface area (Å²) < 4.78 is 0. The van der Waals surface area contributed by atoms with Gasteiger partial charge in [0.2, 0.25) is 5.91 Å². The van der Waals surface area contributed by atoms with E-state index in [4.69, 9.17) is 11.6 Å². The Morgan fingerprint density at radius 2 is 2.13 bits per heavy atom. The lowest BCUT2D eigenvalue weighted by atomic mass is 10.1. The zero-order chi connectivity index (χ0) is 16.4. The number of carbonyl (C=O) groups excluding carboxylic acids is 2. The number of nitrogens with one attached hydrogen (secondary N) is 2. The van der Waals surface area contributed by atoms with Gasteiger partial charge in [0.15, 0.2) is 0 Å². The number of hydrogen-bond acceptors (Lipinski definition) is 3. The third-order valence-electron chi connectivity index (χ3n) is 3.62. The molecule has 3 rings (SSSR count). The fraction of sp³-hybridized carbons (Fsp3) is 0.176. The van der Waals surface area contributed by atoms with Crippen molar-refractivity contribution < 1.29 is 9.59 Å². The van der Waals surface area contributed by atoms with Gasteiger partial charge in [-0.3, -0.25) is 9.59 Å². The largest absolute Gasteiger partial charge is 0.325 e. The van der Waals surface area contributed by atoms with Crippen LogP contribution in [0.2, 0.25) is 5.02 Å². The fourth-order valence-electron chi connectivity index (χ4n) is 2.30. The first-order valence-corrected chi connectivity index (χ1v) is 8.54. The van der Waals surface area contributed by atoms with Crippen molar-refractivity contribution >= 4 is 46.6 Å². The number of hydrogen-bond donors (Lipinski definition) is 2. The molecule has 118 valence electrons. The number of amides is 2. The van der Waals surface area contributed by atoms with Gasteiger partial charge in [0.25, 0.3) is 5.91 Å². The van der Waals surface area contributed by atoms with E-state index >= 15 is 0 Å². The first-order chi connectivity index (χ1) is 11.0. The second-order valence-corrected chi connectivity index (χ2v) is 6.77. The molecule has 0 atom stereocenters. The van der Waals surface area contributed by atoms with Crippen LogP contribution in [-0.2, 0) is 4.79 Å². The number of carbonyl (C=O) groups is 2. The monoisotopic (exact) mass is 346 g/mol. The van der Waals surface area contributed by atoms with E-state index < -0.39 is 0 Å². The van der Waals surface area contributed by atoms with E-state index in [1.165, 1.54) is 0 Å². The van der Waals surface area contributed by atoms with E-state index in [1.54, 1.807) is 42.1 Å². The van der Waals surface area contributed by atoms with Crippen molar-refractivity contribution in [3.05, 3.63) is 52.5 Å². The maximum absolute atomic E-state index is 12.5. The Bertz CT molecular complexity index is 792. The minimum absolute atomic E-state index is 0.0282. The molecule has 2 amide bonds. The lowest BCUT2D eigenvalue weighted by Crippen LogP contribution is -2.14. The Balaban J connectivity index is 1.85. The first kappa shape index (κ1) is 15.9. The topological polar surface area (TPSA) is 58.2 Å². The molecule has 2 aromatic rings. The van der Waals surface area contributed by atoms with Gasteiger partial charge in [-0.1, -0.05) is 17.7 Å². The minimum Gasteiger partial charge on any atom is -0.325 e. The molecule has 0 fully saturated rings. The molecule has 6 heteroatoms. The minimum atomic E-state index is -0.235. The highest BCUT2D eigenvalue weighted by molar-refractivity contribution is 7.99. The van der Waals surface area contributed by atoms with Crippen LogP contribution < -0.4 is 10.6 Å². The van der Waals surface area contributed by atoms with Crippen molar-refractivity contribution in [1.82, 2.24) is 0 Å². The highest BCUT2D eigenvalue weighted by atomic mass is 35.5. The van der Waals surface area contributed by atoms with Crippen molar-refractivity contribution in [2.24, 2.45) is 0 Å². The Labute approximate surface area is 143 Å². The smallest absolute Gasteiger partial charge is 0.255 e. The van der Waals surface area contributed by atoms with Gasteiger partial charge in [-0.2, -0.15) is 0 Å². The van der Waals surface area contributed by atoms with E-state index in [1.807, 2.05) is 13.0 Å². The molecule has 1 heterocycles. The second-order valence-electron chi connectivity index (χ2n) is 5.22. The van der Waals surface area contributed by atoms with E-state index in [0.29, 0.717) is 28.4 Å². The molecule has 0 saturated carbocycles. The number of anilines is 2. The van der Waals surface area contributed by atoms with E-state index in [0.717, 1.165) is 16.2 Å². The Hall–Kier alpha value is -1.98. The summed E-state index contributed by atoms with van der Waals surface area (Å²) in [5.41, 5.74) is 2.68. The van der Waals surface area contributed by atoms with Crippen molar-refractivity contribution in [3.63, 3.8) is 0 Å². The summed E-state index contributed by atoms with van der Waals surface area (Å²) in [5.74, 6) is 0.479. The van der Waals surface area contributed by atoms with Crippen LogP contribution in [0.4, 0.5) is 11.4 Å². The van der Waals surface area contributed by atoms with Gasteiger partial charge in [-0.15, -0.1) is 11.8 Å². The highest BCUT2D eigenvalue weighted by Gasteiger charge is 2.16. The van der Waals surface area contributed by atoms with Crippen LogP contribution in [-0.4, -0.2) is 17.6 Å². The van der Waals surface area contributed by atoms with E-state index in [2.05, 4.69) is 10.6 Å². The quantitative estimate of drug-likeness (QED) is 0.850. The lowest BCUT2D eigenvalue weighted by Gasteiger charge is -2.11. The summed E-state index contributed by atoms with van der Waals surface area (Å²) in [6.07, 6.45) is 0.475. The molecule has 0 unspecified atom stereocenters. The van der Waals surface area contributed by atoms with Gasteiger partial charge in [0.05, 0.1) is 5.69 Å². The highest BCUT2D eigenvalue weighted by Crippen LogP contribution is 2.32. The van der Waals surface area contributed by atoms with Gasteiger partial charge in [0.1, 0.15) is 0 Å². The van der Waals surface area contributed by atoms with Crippen LogP contribution in [0, 0.1) is 6.92 Å². The maximum Gasteiger partial charge on any atom is 0.255 e. The number of fused-ring (bicyclic) bond motifs is 1. The van der Waals surface area contributed by atoms with Gasteiger partial charge in [-0.25, -0.2) is 0 Å². The number of halogens is 1. The zero-order valence-electron chi connectivity index (χ0n) is 12.5. The SMILES string of the molecule is Cc1c(Cl)cccc1NC(=O)c1ccc2c(c1)NC(=O)CCS2. The molecule has 0 spiro atoms. The molecule has 0 aliphatic carbocycles. The summed E-state index contributed by atoms with van der Waals surface area (Å²) >= 11 is 7.68. The molecule has 2 aromatic carbocycles. The Morgan fingerprint density at radius 1 is 1.30 bits per heavy atom. The third-order valence-corrected chi connectivity index (χ3v) is 5.10. The van der Waals surface area contributed by atoms with E-state index in [-0.39, 0.29) is 11.8 Å². The van der Waals surface area contributed by atoms with Gasteiger partial charge in [-0.05, 0) is 42.8 Å². The number of benzene rings is 2. The molecule has 4 nitrogen and oxygen atoms in total. The molecule has 2 N–H and O–H groups in total. The fourth-order valence-corrected chi connectivity index (χ4v) is 3.41. The van der Waals surface area contributed by atoms with Crippen LogP contribution in [0.25, 0.3) is 0 Å². The van der Waals surface area contributed by atoms with Crippen LogP contribution in [0.5, 0.6) is 0 Å². The van der Waals surface area contributed by atoms with Crippen molar-refractivity contribution in [1.29, 1.82) is 0 Å². The molecular weight excluding hydrogens is 332 g/mol. The first-order valence-electron chi connectivity index (χ1n) is 7.18. The number of thioether (sulfide) groups is 1. The Kier molecular flexibility index (Phi) is 4.59. The molecule has 1 aliphatic heterocycles. The van der Waals surface area contributed by atoms with Crippen molar-refractivity contribution in [2.45, 2.75) is 18.2 Å². The van der Waals surface area contributed by atoms with Crippen LogP contribution >= 0.6 is 23.4 Å². The summed E-state index contributed by atoms with van der Waals surface area (Å²) in [7, 11) is 0. The lowest BCUT2D eigenvalue weighted by molar-refractivity contribution is -0.115. The molecular formula is C17H15ClN2O2S. The van der Waals surface area contributed by atoms with Crippen LogP contribution in [0.3, 0.4) is 0 Å². The summed E-state index contributed by atoms with van der Waals surface area (Å²) in [4.78, 5) is 25.1. The normalized spacial score (nSPS) is 13.7. The van der Waals surface area contributed by atoms with Gasteiger partial charge in [0, 0.05) is 33.3 Å². The van der Waals surface area contributed by atoms with Gasteiger partial charge < -0.3 is 10.6 Å². The predicted octanol–water partition coefficient (Wildman–Crippen LogP) is 4.34. The molecule has 23 heavy (non-hydrogen) atoms. The van der Waals surface area contributed by atoms with Crippen LogP contribution in [0.1, 0.15) is 22.3 Å². The predicted molar refractivity (Wildman–Crippen MR) is 94.6 cm³/mol.